The van der Waals surface area contributed by atoms with Gasteiger partial charge < -0.3 is 15.4 Å². The molecule has 27 heavy (non-hydrogen) atoms. The Hall–Kier alpha value is -3.41. The minimum Gasteiger partial charge on any atom is -0.496 e. The van der Waals surface area contributed by atoms with E-state index in [0.717, 1.165) is 23.4 Å². The van der Waals surface area contributed by atoms with Crippen molar-refractivity contribution in [1.29, 1.82) is 0 Å². The number of carbonyl (C=O) groups is 1. The first-order valence-electron chi connectivity index (χ1n) is 8.53. The summed E-state index contributed by atoms with van der Waals surface area (Å²) < 4.78 is 18.6. The van der Waals surface area contributed by atoms with Crippen molar-refractivity contribution >= 4 is 17.3 Å². The molecule has 5 nitrogen and oxygen atoms in total. The smallest absolute Gasteiger partial charge is 0.257 e. The van der Waals surface area contributed by atoms with Gasteiger partial charge in [-0.2, -0.15) is 0 Å². The molecular formula is C21H20FN3O2. The minimum absolute atomic E-state index is 0.346. The van der Waals surface area contributed by atoms with Gasteiger partial charge in [-0.15, -0.1) is 0 Å². The van der Waals surface area contributed by atoms with Crippen molar-refractivity contribution in [1.82, 2.24) is 4.98 Å². The summed E-state index contributed by atoms with van der Waals surface area (Å²) in [6.07, 6.45) is 3.89. The Labute approximate surface area is 157 Å². The number of carbonyl (C=O) groups excluding carboxylic acids is 1. The van der Waals surface area contributed by atoms with Crippen LogP contribution in [-0.2, 0) is 6.42 Å². The Morgan fingerprint density at radius 3 is 2.74 bits per heavy atom. The van der Waals surface area contributed by atoms with Gasteiger partial charge in [0.05, 0.1) is 18.4 Å². The summed E-state index contributed by atoms with van der Waals surface area (Å²) >= 11 is 0. The number of aromatic nitrogens is 1. The van der Waals surface area contributed by atoms with Gasteiger partial charge >= 0.3 is 0 Å². The lowest BCUT2D eigenvalue weighted by Gasteiger charge is -2.10. The molecule has 0 radical (unpaired) electrons. The third-order valence-electron chi connectivity index (χ3n) is 4.00. The molecule has 0 bridgehead atoms. The Bertz CT molecular complexity index is 931. The van der Waals surface area contributed by atoms with Gasteiger partial charge in [0.1, 0.15) is 11.6 Å². The van der Waals surface area contributed by atoms with Crippen LogP contribution in [0.25, 0.3) is 0 Å². The third-order valence-corrected chi connectivity index (χ3v) is 4.00. The summed E-state index contributed by atoms with van der Waals surface area (Å²) in [6.45, 7) is 0.664. The van der Waals surface area contributed by atoms with Crippen LogP contribution in [0.3, 0.4) is 0 Å². The van der Waals surface area contributed by atoms with E-state index in [0.29, 0.717) is 17.8 Å². The number of ether oxygens (including phenoxy) is 1. The second kappa shape index (κ2) is 8.80. The number of nitrogens with zero attached hydrogens (tertiary/aromatic N) is 1. The summed E-state index contributed by atoms with van der Waals surface area (Å²) in [7, 11) is 1.65. The first-order chi connectivity index (χ1) is 13.2. The van der Waals surface area contributed by atoms with E-state index in [1.165, 1.54) is 18.3 Å². The van der Waals surface area contributed by atoms with Crippen molar-refractivity contribution in [2.24, 2.45) is 0 Å². The Morgan fingerprint density at radius 1 is 1.07 bits per heavy atom. The Balaban J connectivity index is 1.60. The fourth-order valence-electron chi connectivity index (χ4n) is 2.68. The van der Waals surface area contributed by atoms with Crippen molar-refractivity contribution < 1.29 is 13.9 Å². The van der Waals surface area contributed by atoms with Crippen LogP contribution in [-0.4, -0.2) is 24.5 Å². The second-order valence-corrected chi connectivity index (χ2v) is 5.92. The van der Waals surface area contributed by atoms with Crippen LogP contribution in [0.2, 0.25) is 0 Å². The van der Waals surface area contributed by atoms with E-state index in [2.05, 4.69) is 15.6 Å². The van der Waals surface area contributed by atoms with Crippen LogP contribution in [0.5, 0.6) is 5.75 Å². The summed E-state index contributed by atoms with van der Waals surface area (Å²) in [4.78, 5) is 16.4. The average molecular weight is 365 g/mol. The highest BCUT2D eigenvalue weighted by Crippen LogP contribution is 2.18. The Kier molecular flexibility index (Phi) is 5.99. The number of anilines is 2. The lowest BCUT2D eigenvalue weighted by molar-refractivity contribution is 0.102. The van der Waals surface area contributed by atoms with E-state index in [1.54, 1.807) is 31.5 Å². The predicted molar refractivity (Wildman–Crippen MR) is 104 cm³/mol. The molecule has 1 amide bonds. The van der Waals surface area contributed by atoms with Gasteiger partial charge in [0.15, 0.2) is 0 Å². The van der Waals surface area contributed by atoms with Gasteiger partial charge in [0.25, 0.3) is 5.91 Å². The number of methoxy groups -OCH3 is 1. The molecule has 3 rings (SSSR count). The standard InChI is InChI=1S/C21H20FN3O2/c1-27-20-8-3-2-5-15(20)9-10-24-19-11-16(13-23-14-19)21(26)25-18-7-4-6-17(22)12-18/h2-8,11-14,24H,9-10H2,1H3,(H,25,26). The molecular weight excluding hydrogens is 345 g/mol. The lowest BCUT2D eigenvalue weighted by atomic mass is 10.1. The van der Waals surface area contributed by atoms with Gasteiger partial charge in [0.2, 0.25) is 0 Å². The van der Waals surface area contributed by atoms with E-state index < -0.39 is 5.82 Å². The summed E-state index contributed by atoms with van der Waals surface area (Å²) in [5, 5.41) is 5.91. The van der Waals surface area contributed by atoms with Crippen molar-refractivity contribution in [3.63, 3.8) is 0 Å². The molecule has 2 aromatic carbocycles. The van der Waals surface area contributed by atoms with E-state index in [1.807, 2.05) is 24.3 Å². The van der Waals surface area contributed by atoms with Crippen molar-refractivity contribution in [2.45, 2.75) is 6.42 Å². The zero-order valence-electron chi connectivity index (χ0n) is 14.9. The molecule has 0 saturated heterocycles. The first-order valence-corrected chi connectivity index (χ1v) is 8.53. The lowest BCUT2D eigenvalue weighted by Crippen LogP contribution is -2.13. The highest BCUT2D eigenvalue weighted by Gasteiger charge is 2.08. The Morgan fingerprint density at radius 2 is 1.93 bits per heavy atom. The molecule has 3 aromatic rings. The van der Waals surface area contributed by atoms with Crippen LogP contribution in [0.4, 0.5) is 15.8 Å². The fourth-order valence-corrected chi connectivity index (χ4v) is 2.68. The van der Waals surface area contributed by atoms with Crippen molar-refractivity contribution in [2.75, 3.05) is 24.3 Å². The number of benzene rings is 2. The van der Waals surface area contributed by atoms with Crippen LogP contribution in [0.15, 0.2) is 67.0 Å². The molecule has 1 aromatic heterocycles. The molecule has 0 spiro atoms. The predicted octanol–water partition coefficient (Wildman–Crippen LogP) is 4.14. The number of halogens is 1. The molecule has 138 valence electrons. The number of para-hydroxylation sites is 1. The fraction of sp³-hybridized carbons (Fsp3) is 0.143. The molecule has 6 heteroatoms. The highest BCUT2D eigenvalue weighted by molar-refractivity contribution is 6.04. The van der Waals surface area contributed by atoms with E-state index in [4.69, 9.17) is 4.74 Å². The largest absolute Gasteiger partial charge is 0.496 e. The maximum atomic E-state index is 13.2. The average Bonchev–Trinajstić information content (AvgIpc) is 2.68. The van der Waals surface area contributed by atoms with Crippen LogP contribution in [0.1, 0.15) is 15.9 Å². The quantitative estimate of drug-likeness (QED) is 0.661. The normalized spacial score (nSPS) is 10.3. The number of pyridine rings is 1. The minimum atomic E-state index is -0.405. The van der Waals surface area contributed by atoms with Gasteiger partial charge in [-0.3, -0.25) is 9.78 Å². The monoisotopic (exact) mass is 365 g/mol. The highest BCUT2D eigenvalue weighted by atomic mass is 19.1. The summed E-state index contributed by atoms with van der Waals surface area (Å²) in [5.41, 5.74) is 2.62. The second-order valence-electron chi connectivity index (χ2n) is 5.92. The molecule has 0 atom stereocenters. The molecule has 0 aliphatic carbocycles. The molecule has 1 heterocycles. The summed E-state index contributed by atoms with van der Waals surface area (Å²) in [5.74, 6) is 0.0970. The number of rotatable bonds is 7. The zero-order valence-corrected chi connectivity index (χ0v) is 14.9. The van der Waals surface area contributed by atoms with Gasteiger partial charge in [-0.05, 0) is 42.3 Å². The van der Waals surface area contributed by atoms with Crippen LogP contribution in [0, 0.1) is 5.82 Å². The molecule has 0 saturated carbocycles. The van der Waals surface area contributed by atoms with Gasteiger partial charge in [-0.25, -0.2) is 4.39 Å². The maximum absolute atomic E-state index is 13.2. The molecule has 0 aliphatic rings. The van der Waals surface area contributed by atoms with E-state index >= 15 is 0 Å². The van der Waals surface area contributed by atoms with E-state index in [-0.39, 0.29) is 5.91 Å². The maximum Gasteiger partial charge on any atom is 0.257 e. The molecule has 0 unspecified atom stereocenters. The number of hydrogen-bond acceptors (Lipinski definition) is 4. The summed E-state index contributed by atoms with van der Waals surface area (Å²) in [6, 6.07) is 15.3. The van der Waals surface area contributed by atoms with Crippen LogP contribution >= 0.6 is 0 Å². The van der Waals surface area contributed by atoms with Crippen molar-refractivity contribution in [3.05, 3.63) is 83.9 Å². The van der Waals surface area contributed by atoms with Gasteiger partial charge in [0, 0.05) is 24.6 Å². The topological polar surface area (TPSA) is 63.2 Å². The third kappa shape index (κ3) is 5.04. The number of nitrogens with one attached hydrogen (secondary N) is 2. The first kappa shape index (κ1) is 18.4. The van der Waals surface area contributed by atoms with Crippen LogP contribution < -0.4 is 15.4 Å². The molecule has 0 fully saturated rings. The SMILES string of the molecule is COc1ccccc1CCNc1cncc(C(=O)Nc2cccc(F)c2)c1. The number of hydrogen-bond donors (Lipinski definition) is 2. The molecule has 0 aliphatic heterocycles. The molecule has 2 N–H and O–H groups in total. The van der Waals surface area contributed by atoms with Crippen molar-refractivity contribution in [3.8, 4) is 5.75 Å². The zero-order chi connectivity index (χ0) is 19.1. The number of amides is 1. The van der Waals surface area contributed by atoms with E-state index in [9.17, 15) is 9.18 Å². The van der Waals surface area contributed by atoms with Gasteiger partial charge in [-0.1, -0.05) is 24.3 Å².